The molecule has 2 aromatic rings. The summed E-state index contributed by atoms with van der Waals surface area (Å²) in [6, 6.07) is 11.3. The molecule has 0 spiro atoms. The first-order valence-electron chi connectivity index (χ1n) is 5.96. The van der Waals surface area contributed by atoms with Crippen LogP contribution < -0.4 is 15.2 Å². The van der Waals surface area contributed by atoms with E-state index in [1.165, 1.54) is 19.2 Å². The number of hydrogen-bond acceptors (Lipinski definition) is 4. The van der Waals surface area contributed by atoms with Crippen molar-refractivity contribution >= 4 is 21.4 Å². The number of benzene rings is 2. The first-order valence-corrected chi connectivity index (χ1v) is 7.44. The van der Waals surface area contributed by atoms with Crippen molar-refractivity contribution in [1.82, 2.24) is 0 Å². The first kappa shape index (κ1) is 14.2. The topological polar surface area (TPSA) is 81.4 Å². The second-order valence-corrected chi connectivity index (χ2v) is 5.98. The number of hydrogen-bond donors (Lipinski definition) is 2. The van der Waals surface area contributed by atoms with Gasteiger partial charge in [-0.05, 0) is 48.9 Å². The molecule has 0 heterocycles. The number of nitrogens with two attached hydrogens (primary N) is 1. The Bertz CT molecular complexity index is 710. The monoisotopic (exact) mass is 292 g/mol. The van der Waals surface area contributed by atoms with Crippen LogP contribution in [0, 0.1) is 6.92 Å². The maximum atomic E-state index is 12.3. The molecule has 0 saturated carbocycles. The highest BCUT2D eigenvalue weighted by atomic mass is 32.2. The second kappa shape index (κ2) is 5.42. The lowest BCUT2D eigenvalue weighted by molar-refractivity contribution is 0.414. The number of rotatable bonds is 4. The van der Waals surface area contributed by atoms with E-state index < -0.39 is 10.0 Å². The predicted molar refractivity (Wildman–Crippen MR) is 79.4 cm³/mol. The number of sulfonamides is 1. The van der Waals surface area contributed by atoms with Gasteiger partial charge in [-0.2, -0.15) is 0 Å². The molecule has 0 amide bonds. The Balaban J connectivity index is 2.33. The van der Waals surface area contributed by atoms with Crippen LogP contribution in [0.15, 0.2) is 47.4 Å². The molecule has 6 heteroatoms. The van der Waals surface area contributed by atoms with Gasteiger partial charge in [0.2, 0.25) is 0 Å². The average Bonchev–Trinajstić information content (AvgIpc) is 2.44. The third-order valence-corrected chi connectivity index (χ3v) is 4.37. The van der Waals surface area contributed by atoms with Crippen LogP contribution in [0.1, 0.15) is 5.56 Å². The van der Waals surface area contributed by atoms with Gasteiger partial charge in [0.05, 0.1) is 17.7 Å². The molecule has 5 nitrogen and oxygen atoms in total. The van der Waals surface area contributed by atoms with Crippen molar-refractivity contribution in [2.24, 2.45) is 0 Å². The summed E-state index contributed by atoms with van der Waals surface area (Å²) >= 11 is 0. The molecule has 0 atom stereocenters. The number of nitrogens with one attached hydrogen (secondary N) is 1. The van der Waals surface area contributed by atoms with Crippen LogP contribution >= 0.6 is 0 Å². The van der Waals surface area contributed by atoms with Crippen molar-refractivity contribution in [2.45, 2.75) is 11.8 Å². The summed E-state index contributed by atoms with van der Waals surface area (Å²) in [6.45, 7) is 1.77. The van der Waals surface area contributed by atoms with Crippen molar-refractivity contribution in [2.75, 3.05) is 17.6 Å². The fourth-order valence-corrected chi connectivity index (χ4v) is 2.85. The Labute approximate surface area is 118 Å². The van der Waals surface area contributed by atoms with Crippen molar-refractivity contribution in [1.29, 1.82) is 0 Å². The maximum Gasteiger partial charge on any atom is 0.261 e. The zero-order chi connectivity index (χ0) is 14.8. The highest BCUT2D eigenvalue weighted by Crippen LogP contribution is 2.24. The van der Waals surface area contributed by atoms with Gasteiger partial charge >= 0.3 is 0 Å². The molecule has 20 heavy (non-hydrogen) atoms. The molecule has 0 aliphatic carbocycles. The third kappa shape index (κ3) is 2.85. The highest BCUT2D eigenvalue weighted by Gasteiger charge is 2.15. The minimum Gasteiger partial charge on any atom is -0.497 e. The van der Waals surface area contributed by atoms with E-state index in [4.69, 9.17) is 10.5 Å². The van der Waals surface area contributed by atoms with E-state index in [9.17, 15) is 8.42 Å². The summed E-state index contributed by atoms with van der Waals surface area (Å²) in [4.78, 5) is 0.167. The number of methoxy groups -OCH3 is 1. The summed E-state index contributed by atoms with van der Waals surface area (Å²) in [5.74, 6) is 0.601. The van der Waals surface area contributed by atoms with Gasteiger partial charge in [-0.25, -0.2) is 8.42 Å². The molecule has 2 rings (SSSR count). The molecule has 0 aliphatic heterocycles. The van der Waals surface area contributed by atoms with Crippen LogP contribution in [0.3, 0.4) is 0 Å². The minimum atomic E-state index is -3.64. The van der Waals surface area contributed by atoms with Gasteiger partial charge in [-0.3, -0.25) is 4.72 Å². The van der Waals surface area contributed by atoms with Gasteiger partial charge in [-0.15, -0.1) is 0 Å². The maximum absolute atomic E-state index is 12.3. The number of ether oxygens (including phenoxy) is 1. The van der Waals surface area contributed by atoms with Crippen molar-refractivity contribution < 1.29 is 13.2 Å². The van der Waals surface area contributed by atoms with E-state index in [0.717, 1.165) is 0 Å². The highest BCUT2D eigenvalue weighted by molar-refractivity contribution is 7.92. The lowest BCUT2D eigenvalue weighted by atomic mass is 10.2. The number of nitrogen functional groups attached to an aromatic ring is 1. The molecule has 0 unspecified atom stereocenters. The predicted octanol–water partition coefficient (Wildman–Crippen LogP) is 2.39. The number of anilines is 2. The lowest BCUT2D eigenvalue weighted by Gasteiger charge is -2.12. The van der Waals surface area contributed by atoms with E-state index in [1.54, 1.807) is 37.3 Å². The molecule has 0 bridgehead atoms. The Morgan fingerprint density at radius 1 is 1.10 bits per heavy atom. The van der Waals surface area contributed by atoms with E-state index in [-0.39, 0.29) is 4.90 Å². The molecule has 3 N–H and O–H groups in total. The summed E-state index contributed by atoms with van der Waals surface area (Å²) in [5.41, 5.74) is 7.48. The minimum absolute atomic E-state index is 0.167. The van der Waals surface area contributed by atoms with Crippen LogP contribution in [-0.4, -0.2) is 15.5 Å². The quantitative estimate of drug-likeness (QED) is 0.848. The Kier molecular flexibility index (Phi) is 3.85. The van der Waals surface area contributed by atoms with Gasteiger partial charge in [0, 0.05) is 5.69 Å². The fourth-order valence-electron chi connectivity index (χ4n) is 1.72. The van der Waals surface area contributed by atoms with E-state index in [2.05, 4.69) is 4.72 Å². The van der Waals surface area contributed by atoms with Crippen LogP contribution in [0.5, 0.6) is 5.75 Å². The zero-order valence-electron chi connectivity index (χ0n) is 11.3. The van der Waals surface area contributed by atoms with Gasteiger partial charge in [-0.1, -0.05) is 6.07 Å². The first-order chi connectivity index (χ1) is 9.44. The smallest absolute Gasteiger partial charge is 0.261 e. The molecule has 0 radical (unpaired) electrons. The second-order valence-electron chi connectivity index (χ2n) is 4.30. The summed E-state index contributed by atoms with van der Waals surface area (Å²) in [7, 11) is -2.11. The molecular weight excluding hydrogens is 276 g/mol. The largest absolute Gasteiger partial charge is 0.497 e. The van der Waals surface area contributed by atoms with Gasteiger partial charge < -0.3 is 10.5 Å². The SMILES string of the molecule is COc1ccc(S(=O)(=O)Nc2cccc(N)c2C)cc1. The Morgan fingerprint density at radius 3 is 2.35 bits per heavy atom. The molecular formula is C14H16N2O3S. The zero-order valence-corrected chi connectivity index (χ0v) is 12.1. The normalized spacial score (nSPS) is 11.1. The standard InChI is InChI=1S/C14H16N2O3S/c1-10-13(15)4-3-5-14(10)16-20(17,18)12-8-6-11(19-2)7-9-12/h3-9,16H,15H2,1-2H3. The van der Waals surface area contributed by atoms with E-state index in [1.807, 2.05) is 0 Å². The summed E-state index contributed by atoms with van der Waals surface area (Å²) < 4.78 is 32.1. The molecule has 0 aromatic heterocycles. The van der Waals surface area contributed by atoms with Crippen LogP contribution in [0.2, 0.25) is 0 Å². The average molecular weight is 292 g/mol. The van der Waals surface area contributed by atoms with Gasteiger partial charge in [0.15, 0.2) is 0 Å². The summed E-state index contributed by atoms with van der Waals surface area (Å²) in [5, 5.41) is 0. The Hall–Kier alpha value is -2.21. The summed E-state index contributed by atoms with van der Waals surface area (Å²) in [6.07, 6.45) is 0. The van der Waals surface area contributed by atoms with Crippen LogP contribution in [0.4, 0.5) is 11.4 Å². The lowest BCUT2D eigenvalue weighted by Crippen LogP contribution is -2.14. The molecule has 2 aromatic carbocycles. The molecule has 0 aliphatic rings. The van der Waals surface area contributed by atoms with Crippen molar-refractivity contribution in [3.63, 3.8) is 0 Å². The van der Waals surface area contributed by atoms with Crippen LogP contribution in [-0.2, 0) is 10.0 Å². The van der Waals surface area contributed by atoms with Crippen molar-refractivity contribution in [3.8, 4) is 5.75 Å². The fraction of sp³-hybridized carbons (Fsp3) is 0.143. The molecule has 106 valence electrons. The van der Waals surface area contributed by atoms with E-state index >= 15 is 0 Å². The van der Waals surface area contributed by atoms with E-state index in [0.29, 0.717) is 22.7 Å². The van der Waals surface area contributed by atoms with Gasteiger partial charge in [0.25, 0.3) is 10.0 Å². The Morgan fingerprint density at radius 2 is 1.75 bits per heavy atom. The molecule has 0 saturated heterocycles. The van der Waals surface area contributed by atoms with Crippen molar-refractivity contribution in [3.05, 3.63) is 48.0 Å². The molecule has 0 fully saturated rings. The van der Waals surface area contributed by atoms with Crippen LogP contribution in [0.25, 0.3) is 0 Å². The van der Waals surface area contributed by atoms with Gasteiger partial charge in [0.1, 0.15) is 5.75 Å². The third-order valence-electron chi connectivity index (χ3n) is 2.99.